The molecule has 3 N–H and O–H groups in total. The molecule has 2 bridgehead atoms. The Hall–Kier alpha value is -0.610. The van der Waals surface area contributed by atoms with Crippen molar-refractivity contribution in [2.24, 2.45) is 11.7 Å². The van der Waals surface area contributed by atoms with Crippen molar-refractivity contribution in [3.05, 3.63) is 0 Å². The molecule has 0 spiro atoms. The first kappa shape index (κ1) is 10.9. The Morgan fingerprint density at radius 1 is 1.60 bits per heavy atom. The molecule has 4 nitrogen and oxygen atoms in total. The van der Waals surface area contributed by atoms with Crippen molar-refractivity contribution in [1.82, 2.24) is 10.2 Å². The largest absolute Gasteiger partial charge is 0.368 e. The molecule has 1 aliphatic carbocycles. The standard InChI is InChI=1S/C11H21N3O/c1-2-13-10(11(12)15)7-14-6-8-3-4-9(14)5-8/h8-10,13H,2-7H2,1H3,(H2,12,15). The van der Waals surface area contributed by atoms with Gasteiger partial charge in [0.25, 0.3) is 0 Å². The number of primary amides is 1. The number of nitrogens with one attached hydrogen (secondary N) is 1. The van der Waals surface area contributed by atoms with Gasteiger partial charge in [-0.2, -0.15) is 0 Å². The Morgan fingerprint density at radius 2 is 2.40 bits per heavy atom. The fourth-order valence-electron chi connectivity index (χ4n) is 2.99. The molecule has 0 radical (unpaired) electrons. The molecule has 2 fully saturated rings. The lowest BCUT2D eigenvalue weighted by molar-refractivity contribution is -0.120. The van der Waals surface area contributed by atoms with Gasteiger partial charge in [-0.05, 0) is 31.7 Å². The predicted molar refractivity (Wildman–Crippen MR) is 59.4 cm³/mol. The highest BCUT2D eigenvalue weighted by Crippen LogP contribution is 2.37. The number of nitrogens with two attached hydrogens (primary N) is 1. The average Bonchev–Trinajstić information content (AvgIpc) is 2.78. The first-order chi connectivity index (χ1) is 7.20. The summed E-state index contributed by atoms with van der Waals surface area (Å²) in [5.41, 5.74) is 5.37. The number of carbonyl (C=O) groups excluding carboxylic acids is 1. The number of likely N-dealkylation sites (N-methyl/N-ethyl adjacent to an activating group) is 1. The summed E-state index contributed by atoms with van der Waals surface area (Å²) in [6.07, 6.45) is 4.02. The molecule has 3 atom stereocenters. The first-order valence-electron chi connectivity index (χ1n) is 5.97. The van der Waals surface area contributed by atoms with E-state index in [1.165, 1.54) is 25.8 Å². The Labute approximate surface area is 91.2 Å². The number of fused-ring (bicyclic) bond motifs is 2. The maximum Gasteiger partial charge on any atom is 0.235 e. The fraction of sp³-hybridized carbons (Fsp3) is 0.909. The minimum Gasteiger partial charge on any atom is -0.368 e. The summed E-state index contributed by atoms with van der Waals surface area (Å²) >= 11 is 0. The Morgan fingerprint density at radius 3 is 2.87 bits per heavy atom. The van der Waals surface area contributed by atoms with Crippen LogP contribution in [0, 0.1) is 5.92 Å². The SMILES string of the molecule is CCNC(CN1CC2CCC1C2)C(N)=O. The zero-order valence-electron chi connectivity index (χ0n) is 9.41. The van der Waals surface area contributed by atoms with Crippen LogP contribution in [0.2, 0.25) is 0 Å². The van der Waals surface area contributed by atoms with Gasteiger partial charge in [0.05, 0.1) is 6.04 Å². The molecular formula is C11H21N3O. The normalized spacial score (nSPS) is 32.1. The monoisotopic (exact) mass is 211 g/mol. The van der Waals surface area contributed by atoms with Crippen LogP contribution < -0.4 is 11.1 Å². The Bertz CT molecular complexity index is 244. The summed E-state index contributed by atoms with van der Waals surface area (Å²) in [4.78, 5) is 13.7. The highest BCUT2D eigenvalue weighted by Gasteiger charge is 2.38. The van der Waals surface area contributed by atoms with Gasteiger partial charge in [-0.25, -0.2) is 0 Å². The highest BCUT2D eigenvalue weighted by molar-refractivity contribution is 5.80. The summed E-state index contributed by atoms with van der Waals surface area (Å²) in [6.45, 7) is 4.77. The van der Waals surface area contributed by atoms with Crippen LogP contribution in [0.1, 0.15) is 26.2 Å². The van der Waals surface area contributed by atoms with Crippen molar-refractivity contribution < 1.29 is 4.79 Å². The van der Waals surface area contributed by atoms with Crippen molar-refractivity contribution in [2.75, 3.05) is 19.6 Å². The van der Waals surface area contributed by atoms with Crippen molar-refractivity contribution in [3.63, 3.8) is 0 Å². The maximum atomic E-state index is 11.2. The van der Waals surface area contributed by atoms with Crippen LogP contribution in [0.5, 0.6) is 0 Å². The van der Waals surface area contributed by atoms with Gasteiger partial charge >= 0.3 is 0 Å². The summed E-state index contributed by atoms with van der Waals surface area (Å²) in [7, 11) is 0. The van der Waals surface area contributed by atoms with E-state index < -0.39 is 0 Å². The minimum atomic E-state index is -0.223. The molecule has 2 rings (SSSR count). The molecule has 3 unspecified atom stereocenters. The van der Waals surface area contributed by atoms with Crippen LogP contribution in [-0.4, -0.2) is 42.5 Å². The summed E-state index contributed by atoms with van der Waals surface area (Å²) in [5, 5.41) is 3.15. The number of amides is 1. The highest BCUT2D eigenvalue weighted by atomic mass is 16.1. The third kappa shape index (κ3) is 2.32. The van der Waals surface area contributed by atoms with Gasteiger partial charge in [0, 0.05) is 19.1 Å². The topological polar surface area (TPSA) is 58.4 Å². The lowest BCUT2D eigenvalue weighted by Gasteiger charge is -2.29. The molecule has 1 aliphatic heterocycles. The van der Waals surface area contributed by atoms with E-state index in [1.54, 1.807) is 0 Å². The van der Waals surface area contributed by atoms with Crippen LogP contribution in [0.4, 0.5) is 0 Å². The van der Waals surface area contributed by atoms with Gasteiger partial charge in [-0.3, -0.25) is 9.69 Å². The van der Waals surface area contributed by atoms with Gasteiger partial charge in [0.2, 0.25) is 5.91 Å². The number of hydrogen-bond acceptors (Lipinski definition) is 3. The van der Waals surface area contributed by atoms with E-state index in [4.69, 9.17) is 5.73 Å². The van der Waals surface area contributed by atoms with Crippen LogP contribution in [0.15, 0.2) is 0 Å². The molecule has 0 aromatic rings. The number of nitrogens with zero attached hydrogens (tertiary/aromatic N) is 1. The van der Waals surface area contributed by atoms with Crippen molar-refractivity contribution in [3.8, 4) is 0 Å². The van der Waals surface area contributed by atoms with Crippen LogP contribution in [-0.2, 0) is 4.79 Å². The third-order valence-electron chi connectivity index (χ3n) is 3.73. The first-order valence-corrected chi connectivity index (χ1v) is 5.97. The van der Waals surface area contributed by atoms with Crippen LogP contribution in [0.3, 0.4) is 0 Å². The molecule has 1 heterocycles. The van der Waals surface area contributed by atoms with E-state index in [0.717, 1.165) is 25.0 Å². The zero-order valence-corrected chi connectivity index (χ0v) is 9.41. The van der Waals surface area contributed by atoms with Crippen molar-refractivity contribution >= 4 is 5.91 Å². The van der Waals surface area contributed by atoms with Crippen molar-refractivity contribution in [2.45, 2.75) is 38.3 Å². The number of rotatable bonds is 5. The van der Waals surface area contributed by atoms with Crippen molar-refractivity contribution in [1.29, 1.82) is 0 Å². The number of piperidine rings is 1. The smallest absolute Gasteiger partial charge is 0.235 e. The second kappa shape index (κ2) is 4.49. The molecule has 1 amide bonds. The molecule has 2 aliphatic rings. The molecule has 15 heavy (non-hydrogen) atoms. The Balaban J connectivity index is 1.86. The lowest BCUT2D eigenvalue weighted by atomic mass is 10.1. The number of likely N-dealkylation sites (tertiary alicyclic amines) is 1. The van der Waals surface area contributed by atoms with E-state index in [0.29, 0.717) is 0 Å². The average molecular weight is 211 g/mol. The van der Waals surface area contributed by atoms with Gasteiger partial charge in [-0.1, -0.05) is 6.92 Å². The number of hydrogen-bond donors (Lipinski definition) is 2. The molecule has 1 saturated heterocycles. The Kier molecular flexibility index (Phi) is 3.26. The summed E-state index contributed by atoms with van der Waals surface area (Å²) in [6, 6.07) is 0.546. The lowest BCUT2D eigenvalue weighted by Crippen LogP contribution is -2.50. The molecular weight excluding hydrogens is 190 g/mol. The van der Waals surface area contributed by atoms with E-state index >= 15 is 0 Å². The second-order valence-electron chi connectivity index (χ2n) is 4.80. The minimum absolute atomic E-state index is 0.172. The maximum absolute atomic E-state index is 11.2. The van der Waals surface area contributed by atoms with E-state index in [1.807, 2.05) is 6.92 Å². The molecule has 86 valence electrons. The van der Waals surface area contributed by atoms with Crippen LogP contribution in [0.25, 0.3) is 0 Å². The molecule has 1 saturated carbocycles. The van der Waals surface area contributed by atoms with Gasteiger partial charge in [0.1, 0.15) is 0 Å². The van der Waals surface area contributed by atoms with Gasteiger partial charge in [-0.15, -0.1) is 0 Å². The molecule has 4 heteroatoms. The summed E-state index contributed by atoms with van der Waals surface area (Å²) < 4.78 is 0. The van der Waals surface area contributed by atoms with E-state index in [9.17, 15) is 4.79 Å². The fourth-order valence-corrected chi connectivity index (χ4v) is 2.99. The van der Waals surface area contributed by atoms with Gasteiger partial charge < -0.3 is 11.1 Å². The predicted octanol–water partition coefficient (Wildman–Crippen LogP) is -0.0659. The van der Waals surface area contributed by atoms with Gasteiger partial charge in [0.15, 0.2) is 0 Å². The van der Waals surface area contributed by atoms with E-state index in [-0.39, 0.29) is 11.9 Å². The quantitative estimate of drug-likeness (QED) is 0.669. The zero-order chi connectivity index (χ0) is 10.8. The third-order valence-corrected chi connectivity index (χ3v) is 3.73. The molecule has 0 aromatic carbocycles. The second-order valence-corrected chi connectivity index (χ2v) is 4.80. The number of carbonyl (C=O) groups is 1. The van der Waals surface area contributed by atoms with E-state index in [2.05, 4.69) is 10.2 Å². The van der Waals surface area contributed by atoms with Crippen LogP contribution >= 0.6 is 0 Å². The summed E-state index contributed by atoms with van der Waals surface area (Å²) in [5.74, 6) is 0.657. The molecule has 0 aromatic heterocycles.